The Morgan fingerprint density at radius 1 is 0.500 bits per heavy atom. The number of rotatable bonds is 9. The van der Waals surface area contributed by atoms with E-state index in [2.05, 4.69) is 91.8 Å². The summed E-state index contributed by atoms with van der Waals surface area (Å²) in [5.74, 6) is 1.21. The first-order chi connectivity index (χ1) is 14.1. The van der Waals surface area contributed by atoms with Crippen molar-refractivity contribution in [2.24, 2.45) is 0 Å². The lowest BCUT2D eigenvalue weighted by Gasteiger charge is -2.32. The van der Waals surface area contributed by atoms with Crippen molar-refractivity contribution in [1.29, 1.82) is 10.8 Å². The summed E-state index contributed by atoms with van der Waals surface area (Å²) in [6.07, 6.45) is 3.17. The quantitative estimate of drug-likeness (QED) is 0.394. The Hall–Kier alpha value is -2.22. The van der Waals surface area contributed by atoms with Crippen molar-refractivity contribution in [3.05, 3.63) is 69.8 Å². The van der Waals surface area contributed by atoms with Gasteiger partial charge in [0.2, 0.25) is 0 Å². The molecule has 0 aromatic heterocycles. The first-order valence-corrected chi connectivity index (χ1v) is 11.4. The number of nitrogens with one attached hydrogen (secondary N) is 2. The summed E-state index contributed by atoms with van der Waals surface area (Å²) >= 11 is 0. The van der Waals surface area contributed by atoms with Crippen LogP contribution in [0.15, 0.2) is 36.4 Å². The number of hydrogen-bond acceptors (Lipinski definition) is 2. The maximum Gasteiger partial charge on any atom is 0.0310 e. The Morgan fingerprint density at radius 3 is 0.900 bits per heavy atom. The van der Waals surface area contributed by atoms with E-state index in [1.54, 1.807) is 12.4 Å². The second-order valence-electron chi connectivity index (χ2n) is 9.70. The Balaban J connectivity index is 2.85. The van der Waals surface area contributed by atoms with Crippen LogP contribution in [0.2, 0.25) is 0 Å². The summed E-state index contributed by atoms with van der Waals surface area (Å²) < 4.78 is 0. The van der Waals surface area contributed by atoms with Crippen molar-refractivity contribution in [2.75, 3.05) is 0 Å². The maximum absolute atomic E-state index is 8.48. The Kier molecular flexibility index (Phi) is 8.18. The molecule has 2 aromatic rings. The van der Waals surface area contributed by atoms with Gasteiger partial charge in [-0.3, -0.25) is 0 Å². The predicted molar refractivity (Wildman–Crippen MR) is 132 cm³/mol. The van der Waals surface area contributed by atoms with E-state index < -0.39 is 0 Å². The van der Waals surface area contributed by atoms with Gasteiger partial charge in [0.1, 0.15) is 0 Å². The lowest BCUT2D eigenvalue weighted by Crippen LogP contribution is -2.21. The van der Waals surface area contributed by atoms with Gasteiger partial charge in [-0.1, -0.05) is 91.8 Å². The van der Waals surface area contributed by atoms with Crippen LogP contribution in [0.1, 0.15) is 124 Å². The number of benzene rings is 2. The summed E-state index contributed by atoms with van der Waals surface area (Å²) in [6, 6.07) is 13.1. The van der Waals surface area contributed by atoms with Crippen LogP contribution in [-0.4, -0.2) is 12.4 Å². The average molecular weight is 405 g/mol. The molecule has 0 fully saturated rings. The Bertz CT molecular complexity index is 748. The van der Waals surface area contributed by atoms with E-state index >= 15 is 0 Å². The SMILES string of the molecule is CC(C)c1cccc(C(C)C)c1C(C=N)C(C=N)c1c(C(C)C)cccc1C(C)C. The van der Waals surface area contributed by atoms with E-state index in [0.29, 0.717) is 23.7 Å². The van der Waals surface area contributed by atoms with Gasteiger partial charge in [-0.25, -0.2) is 0 Å². The van der Waals surface area contributed by atoms with Crippen LogP contribution in [0.4, 0.5) is 0 Å². The van der Waals surface area contributed by atoms with Crippen molar-refractivity contribution in [2.45, 2.75) is 90.9 Å². The highest BCUT2D eigenvalue weighted by Gasteiger charge is 2.31. The fourth-order valence-corrected chi connectivity index (χ4v) is 4.72. The molecule has 2 unspecified atom stereocenters. The molecule has 162 valence electrons. The zero-order valence-electron chi connectivity index (χ0n) is 20.1. The molecule has 0 radical (unpaired) electrons. The van der Waals surface area contributed by atoms with Crippen molar-refractivity contribution in [1.82, 2.24) is 0 Å². The van der Waals surface area contributed by atoms with Crippen LogP contribution < -0.4 is 0 Å². The van der Waals surface area contributed by atoms with Crippen LogP contribution in [0.5, 0.6) is 0 Å². The van der Waals surface area contributed by atoms with E-state index in [1.165, 1.54) is 33.4 Å². The molecule has 0 saturated carbocycles. The fraction of sp³-hybridized carbons (Fsp3) is 0.500. The molecule has 0 saturated heterocycles. The van der Waals surface area contributed by atoms with E-state index in [1.807, 2.05) is 0 Å². The molecule has 0 amide bonds. The highest BCUT2D eigenvalue weighted by atomic mass is 14.5. The lowest BCUT2D eigenvalue weighted by molar-refractivity contribution is 0.713. The molecule has 0 aliphatic carbocycles. The van der Waals surface area contributed by atoms with Crippen molar-refractivity contribution in [3.63, 3.8) is 0 Å². The summed E-state index contributed by atoms with van der Waals surface area (Å²) in [4.78, 5) is 0. The molecule has 2 rings (SSSR count). The molecular weight excluding hydrogens is 364 g/mol. The van der Waals surface area contributed by atoms with Gasteiger partial charge < -0.3 is 10.8 Å². The van der Waals surface area contributed by atoms with Crippen LogP contribution in [0.3, 0.4) is 0 Å². The first-order valence-electron chi connectivity index (χ1n) is 11.4. The molecule has 2 N–H and O–H groups in total. The Morgan fingerprint density at radius 2 is 0.733 bits per heavy atom. The second kappa shape index (κ2) is 10.2. The van der Waals surface area contributed by atoms with E-state index in [4.69, 9.17) is 10.8 Å². The van der Waals surface area contributed by atoms with Crippen LogP contribution in [-0.2, 0) is 0 Å². The van der Waals surface area contributed by atoms with Gasteiger partial charge >= 0.3 is 0 Å². The first kappa shape index (κ1) is 24.1. The fourth-order valence-electron chi connectivity index (χ4n) is 4.72. The van der Waals surface area contributed by atoms with E-state index in [0.717, 1.165) is 0 Å². The van der Waals surface area contributed by atoms with Crippen molar-refractivity contribution in [3.8, 4) is 0 Å². The standard InChI is InChI=1S/C28H40N2/c1-17(2)21-11-9-12-22(18(3)4)27(21)25(15-29)26(16-30)28-23(19(5)6)13-10-14-24(28)20(7)8/h9-20,25-26,29-30H,1-8H3. The van der Waals surface area contributed by atoms with Crippen LogP contribution >= 0.6 is 0 Å². The molecule has 0 aliphatic heterocycles. The molecule has 0 aliphatic rings. The Labute approximate surface area is 184 Å². The van der Waals surface area contributed by atoms with Gasteiger partial charge in [0, 0.05) is 24.3 Å². The molecule has 2 atom stereocenters. The molecule has 2 aromatic carbocycles. The molecule has 30 heavy (non-hydrogen) atoms. The van der Waals surface area contributed by atoms with Gasteiger partial charge in [-0.15, -0.1) is 0 Å². The smallest absolute Gasteiger partial charge is 0.0310 e. The largest absolute Gasteiger partial charge is 0.312 e. The van der Waals surface area contributed by atoms with E-state index in [9.17, 15) is 0 Å². The molecule has 0 heterocycles. The highest BCUT2D eigenvalue weighted by Crippen LogP contribution is 2.43. The van der Waals surface area contributed by atoms with Crippen molar-refractivity contribution >= 4 is 12.4 Å². The highest BCUT2D eigenvalue weighted by molar-refractivity contribution is 5.80. The van der Waals surface area contributed by atoms with E-state index in [-0.39, 0.29) is 11.8 Å². The van der Waals surface area contributed by atoms with Crippen LogP contribution in [0.25, 0.3) is 0 Å². The summed E-state index contributed by atoms with van der Waals surface area (Å²) in [6.45, 7) is 17.8. The third-order valence-corrected chi connectivity index (χ3v) is 6.25. The van der Waals surface area contributed by atoms with Gasteiger partial charge in [0.15, 0.2) is 0 Å². The molecule has 0 spiro atoms. The lowest BCUT2D eigenvalue weighted by atomic mass is 9.72. The topological polar surface area (TPSA) is 47.7 Å². The van der Waals surface area contributed by atoms with Gasteiger partial charge in [-0.05, 0) is 57.1 Å². The zero-order chi connectivity index (χ0) is 22.6. The summed E-state index contributed by atoms with van der Waals surface area (Å²) in [5, 5.41) is 17.0. The number of hydrogen-bond donors (Lipinski definition) is 2. The van der Waals surface area contributed by atoms with Crippen LogP contribution in [0, 0.1) is 10.8 Å². The third-order valence-electron chi connectivity index (χ3n) is 6.25. The molecule has 0 bridgehead atoms. The van der Waals surface area contributed by atoms with Crippen molar-refractivity contribution < 1.29 is 0 Å². The van der Waals surface area contributed by atoms with Gasteiger partial charge in [0.25, 0.3) is 0 Å². The maximum atomic E-state index is 8.48. The average Bonchev–Trinajstić information content (AvgIpc) is 2.70. The minimum Gasteiger partial charge on any atom is -0.312 e. The molecule has 2 nitrogen and oxygen atoms in total. The van der Waals surface area contributed by atoms with Gasteiger partial charge in [0.05, 0.1) is 0 Å². The normalized spacial score (nSPS) is 13.9. The minimum absolute atomic E-state index is 0.143. The zero-order valence-corrected chi connectivity index (χ0v) is 20.1. The third kappa shape index (κ3) is 4.74. The van der Waals surface area contributed by atoms with Gasteiger partial charge in [-0.2, -0.15) is 0 Å². The molecule has 2 heteroatoms. The second-order valence-corrected chi connectivity index (χ2v) is 9.70. The summed E-state index contributed by atoms with van der Waals surface area (Å²) in [5.41, 5.74) is 7.70. The monoisotopic (exact) mass is 404 g/mol. The predicted octanol–water partition coefficient (Wildman–Crippen LogP) is 8.35. The minimum atomic E-state index is -0.143. The summed E-state index contributed by atoms with van der Waals surface area (Å²) in [7, 11) is 0. The molecular formula is C28H40N2.